The van der Waals surface area contributed by atoms with Gasteiger partial charge in [-0.1, -0.05) is 59.9 Å². The standard InChI is InChI=1S/C24H42N4O3/c1-16(2)10-6-7-12-20(17(3)4)23(30)28-22(18(5)21(29)14-25)24(31)27-15-19-11-8-9-13-26-19/h8-9,11,13,16-18,20-22,29H,6-7,10,12,14-15,25H2,1-5H3,(H,27,31)(H,28,30)/t18-,20?,21?,22-/m0/s1. The molecule has 1 heterocycles. The highest BCUT2D eigenvalue weighted by atomic mass is 16.3. The van der Waals surface area contributed by atoms with Crippen LogP contribution in [0.25, 0.3) is 0 Å². The van der Waals surface area contributed by atoms with Crippen LogP contribution in [0.4, 0.5) is 0 Å². The lowest BCUT2D eigenvalue weighted by molar-refractivity contribution is -0.134. The van der Waals surface area contributed by atoms with E-state index >= 15 is 0 Å². The highest BCUT2D eigenvalue weighted by Gasteiger charge is 2.33. The summed E-state index contributed by atoms with van der Waals surface area (Å²) in [6.45, 7) is 10.5. The number of carbonyl (C=O) groups is 2. The Hall–Kier alpha value is -1.99. The number of hydrogen-bond acceptors (Lipinski definition) is 5. The van der Waals surface area contributed by atoms with Crippen molar-refractivity contribution in [2.24, 2.45) is 29.4 Å². The first-order chi connectivity index (χ1) is 14.7. The largest absolute Gasteiger partial charge is 0.391 e. The summed E-state index contributed by atoms with van der Waals surface area (Å²) in [6.07, 6.45) is 4.76. The van der Waals surface area contributed by atoms with E-state index < -0.39 is 18.1 Å². The average molecular weight is 435 g/mol. The fourth-order valence-corrected chi connectivity index (χ4v) is 3.61. The topological polar surface area (TPSA) is 117 Å². The van der Waals surface area contributed by atoms with E-state index in [1.54, 1.807) is 19.2 Å². The molecule has 0 aliphatic heterocycles. The Kier molecular flexibility index (Phi) is 12.3. The predicted octanol–water partition coefficient (Wildman–Crippen LogP) is 2.63. The fourth-order valence-electron chi connectivity index (χ4n) is 3.61. The number of unbranched alkanes of at least 4 members (excludes halogenated alkanes) is 1. The Morgan fingerprint density at radius 2 is 1.74 bits per heavy atom. The summed E-state index contributed by atoms with van der Waals surface area (Å²) in [6, 6.07) is 4.60. The molecule has 1 aromatic heterocycles. The molecule has 0 saturated heterocycles. The normalized spacial score (nSPS) is 15.4. The summed E-state index contributed by atoms with van der Waals surface area (Å²) in [5.41, 5.74) is 6.34. The van der Waals surface area contributed by atoms with Crippen molar-refractivity contribution in [3.63, 3.8) is 0 Å². The Bertz CT molecular complexity index is 651. The number of amides is 2. The number of nitrogens with one attached hydrogen (secondary N) is 2. The monoisotopic (exact) mass is 434 g/mol. The lowest BCUT2D eigenvalue weighted by Crippen LogP contribution is -2.55. The molecule has 0 bridgehead atoms. The second kappa shape index (κ2) is 14.1. The first kappa shape index (κ1) is 27.0. The van der Waals surface area contributed by atoms with E-state index in [0.717, 1.165) is 31.4 Å². The molecule has 7 heteroatoms. The molecule has 0 saturated carbocycles. The maximum atomic E-state index is 13.1. The van der Waals surface area contributed by atoms with Crippen LogP contribution < -0.4 is 16.4 Å². The van der Waals surface area contributed by atoms with Gasteiger partial charge in [-0.25, -0.2) is 0 Å². The number of nitrogens with zero attached hydrogens (tertiary/aromatic N) is 1. The van der Waals surface area contributed by atoms with Gasteiger partial charge in [0.05, 0.1) is 18.3 Å². The van der Waals surface area contributed by atoms with E-state index in [1.807, 2.05) is 26.0 Å². The van der Waals surface area contributed by atoms with Crippen LogP contribution >= 0.6 is 0 Å². The van der Waals surface area contributed by atoms with E-state index in [-0.39, 0.29) is 36.7 Å². The summed E-state index contributed by atoms with van der Waals surface area (Å²) in [7, 11) is 0. The van der Waals surface area contributed by atoms with Crippen LogP contribution in [0.2, 0.25) is 0 Å². The lowest BCUT2D eigenvalue weighted by Gasteiger charge is -2.30. The van der Waals surface area contributed by atoms with Crippen LogP contribution in [0.1, 0.15) is 66.0 Å². The van der Waals surface area contributed by atoms with Gasteiger partial charge in [0, 0.05) is 24.6 Å². The number of nitrogens with two attached hydrogens (primary N) is 1. The third-order valence-electron chi connectivity index (χ3n) is 5.81. The summed E-state index contributed by atoms with van der Waals surface area (Å²) in [4.78, 5) is 30.2. The molecule has 0 fully saturated rings. The molecule has 2 unspecified atom stereocenters. The maximum Gasteiger partial charge on any atom is 0.243 e. The maximum absolute atomic E-state index is 13.1. The van der Waals surface area contributed by atoms with Gasteiger partial charge in [-0.2, -0.15) is 0 Å². The smallest absolute Gasteiger partial charge is 0.243 e. The zero-order valence-electron chi connectivity index (χ0n) is 19.8. The molecule has 0 spiro atoms. The van der Waals surface area contributed by atoms with Gasteiger partial charge in [-0.05, 0) is 30.4 Å². The van der Waals surface area contributed by atoms with E-state index in [9.17, 15) is 14.7 Å². The molecule has 0 aromatic carbocycles. The minimum atomic E-state index is -0.894. The molecule has 176 valence electrons. The molecule has 1 rings (SSSR count). The fraction of sp³-hybridized carbons (Fsp3) is 0.708. The van der Waals surface area contributed by atoms with E-state index in [2.05, 4.69) is 29.5 Å². The molecule has 0 aliphatic rings. The lowest BCUT2D eigenvalue weighted by atomic mass is 9.87. The zero-order valence-corrected chi connectivity index (χ0v) is 19.8. The number of hydrogen-bond donors (Lipinski definition) is 4. The van der Waals surface area contributed by atoms with E-state index in [1.165, 1.54) is 0 Å². The van der Waals surface area contributed by atoms with Crippen LogP contribution in [0, 0.1) is 23.7 Å². The van der Waals surface area contributed by atoms with Crippen molar-refractivity contribution in [1.82, 2.24) is 15.6 Å². The van der Waals surface area contributed by atoms with Gasteiger partial charge in [0.2, 0.25) is 11.8 Å². The van der Waals surface area contributed by atoms with Gasteiger partial charge in [0.15, 0.2) is 0 Å². The molecular formula is C24H42N4O3. The van der Waals surface area contributed by atoms with Crippen LogP contribution in [0.15, 0.2) is 24.4 Å². The Morgan fingerprint density at radius 3 is 2.29 bits per heavy atom. The van der Waals surface area contributed by atoms with Gasteiger partial charge >= 0.3 is 0 Å². The molecule has 1 aromatic rings. The minimum Gasteiger partial charge on any atom is -0.391 e. The van der Waals surface area contributed by atoms with Crippen LogP contribution in [-0.2, 0) is 16.1 Å². The summed E-state index contributed by atoms with van der Waals surface area (Å²) < 4.78 is 0. The van der Waals surface area contributed by atoms with Gasteiger partial charge in [-0.15, -0.1) is 0 Å². The molecule has 7 nitrogen and oxygen atoms in total. The second-order valence-electron chi connectivity index (χ2n) is 9.22. The average Bonchev–Trinajstić information content (AvgIpc) is 2.74. The van der Waals surface area contributed by atoms with Crippen LogP contribution in [0.5, 0.6) is 0 Å². The molecule has 5 N–H and O–H groups in total. The van der Waals surface area contributed by atoms with Crippen molar-refractivity contribution in [3.05, 3.63) is 30.1 Å². The first-order valence-corrected chi connectivity index (χ1v) is 11.5. The number of aliphatic hydroxyl groups excluding tert-OH is 1. The molecule has 31 heavy (non-hydrogen) atoms. The number of carbonyl (C=O) groups excluding carboxylic acids is 2. The Balaban J connectivity index is 2.83. The number of aliphatic hydroxyl groups is 1. The number of rotatable bonds is 14. The van der Waals surface area contributed by atoms with Gasteiger partial charge < -0.3 is 21.5 Å². The molecule has 4 atom stereocenters. The second-order valence-corrected chi connectivity index (χ2v) is 9.22. The molecule has 0 aliphatic carbocycles. The zero-order chi connectivity index (χ0) is 23.4. The van der Waals surface area contributed by atoms with Gasteiger partial charge in [0.1, 0.15) is 6.04 Å². The van der Waals surface area contributed by atoms with Crippen LogP contribution in [0.3, 0.4) is 0 Å². The molecular weight excluding hydrogens is 392 g/mol. The number of aromatic nitrogens is 1. The minimum absolute atomic E-state index is 0.0177. The van der Waals surface area contributed by atoms with Crippen molar-refractivity contribution >= 4 is 11.8 Å². The van der Waals surface area contributed by atoms with E-state index in [0.29, 0.717) is 5.92 Å². The summed E-state index contributed by atoms with van der Waals surface area (Å²) in [5, 5.41) is 16.0. The Labute approximate surface area is 187 Å². The summed E-state index contributed by atoms with van der Waals surface area (Å²) in [5.74, 6) is -0.384. The predicted molar refractivity (Wildman–Crippen MR) is 124 cm³/mol. The van der Waals surface area contributed by atoms with Crippen LogP contribution in [-0.4, -0.2) is 40.6 Å². The van der Waals surface area contributed by atoms with E-state index in [4.69, 9.17) is 5.73 Å². The Morgan fingerprint density at radius 1 is 1.06 bits per heavy atom. The SMILES string of the molecule is CC(C)CCCCC(C(=O)N[C@H](C(=O)NCc1ccccn1)[C@@H](C)C(O)CN)C(C)C. The van der Waals surface area contributed by atoms with Crippen molar-refractivity contribution < 1.29 is 14.7 Å². The summed E-state index contributed by atoms with van der Waals surface area (Å²) >= 11 is 0. The first-order valence-electron chi connectivity index (χ1n) is 11.5. The quantitative estimate of drug-likeness (QED) is 0.336. The highest BCUT2D eigenvalue weighted by Crippen LogP contribution is 2.21. The van der Waals surface area contributed by atoms with Crippen molar-refractivity contribution in [1.29, 1.82) is 0 Å². The third-order valence-corrected chi connectivity index (χ3v) is 5.81. The van der Waals surface area contributed by atoms with Gasteiger partial charge in [0.25, 0.3) is 0 Å². The number of pyridine rings is 1. The van der Waals surface area contributed by atoms with Crippen molar-refractivity contribution in [3.8, 4) is 0 Å². The van der Waals surface area contributed by atoms with Crippen molar-refractivity contribution in [2.45, 2.75) is 79.0 Å². The third kappa shape index (κ3) is 9.78. The van der Waals surface area contributed by atoms with Crippen molar-refractivity contribution in [2.75, 3.05) is 6.54 Å². The molecule has 0 radical (unpaired) electrons. The highest BCUT2D eigenvalue weighted by molar-refractivity contribution is 5.88. The molecule has 2 amide bonds. The van der Waals surface area contributed by atoms with Gasteiger partial charge in [-0.3, -0.25) is 14.6 Å².